The fraction of sp³-hybridized carbons (Fsp3) is 0.875. The summed E-state index contributed by atoms with van der Waals surface area (Å²) in [6.07, 6.45) is 5.63. The summed E-state index contributed by atoms with van der Waals surface area (Å²) in [5.74, 6) is 1.65. The third kappa shape index (κ3) is 1.24. The average molecular weight is 111 g/mol. The molecule has 47 valence electrons. The molecule has 0 spiro atoms. The fourth-order valence-corrected chi connectivity index (χ4v) is 1.39. The van der Waals surface area contributed by atoms with E-state index in [1.54, 1.807) is 0 Å². The van der Waals surface area contributed by atoms with Crippen molar-refractivity contribution in [2.45, 2.75) is 32.6 Å². The summed E-state index contributed by atoms with van der Waals surface area (Å²) < 4.78 is 0. The van der Waals surface area contributed by atoms with Crippen LogP contribution in [0.25, 0.3) is 0 Å². The molecule has 0 saturated heterocycles. The molecule has 1 aliphatic carbocycles. The van der Waals surface area contributed by atoms with Crippen molar-refractivity contribution in [3.05, 3.63) is 6.92 Å². The molecule has 0 aromatic heterocycles. The Labute approximate surface area is 52.3 Å². The predicted molar refractivity (Wildman–Crippen MR) is 36.5 cm³/mol. The second kappa shape index (κ2) is 2.52. The Morgan fingerprint density at radius 3 is 2.25 bits per heavy atom. The van der Waals surface area contributed by atoms with E-state index in [4.69, 9.17) is 0 Å². The number of hydrogen-bond donors (Lipinski definition) is 0. The van der Waals surface area contributed by atoms with Crippen LogP contribution >= 0.6 is 0 Å². The molecular weight excluding hydrogens is 96.1 g/mol. The Hall–Kier alpha value is 0. The molecule has 0 heteroatoms. The lowest BCUT2D eigenvalue weighted by Gasteiger charge is -2.24. The highest BCUT2D eigenvalue weighted by atomic mass is 14.2. The van der Waals surface area contributed by atoms with Gasteiger partial charge in [-0.2, -0.15) is 0 Å². The zero-order valence-electron chi connectivity index (χ0n) is 5.69. The summed E-state index contributed by atoms with van der Waals surface area (Å²) >= 11 is 0. The largest absolute Gasteiger partial charge is 0.0622 e. The van der Waals surface area contributed by atoms with E-state index in [2.05, 4.69) is 13.8 Å². The van der Waals surface area contributed by atoms with Crippen LogP contribution in [0.15, 0.2) is 0 Å². The van der Waals surface area contributed by atoms with Crippen molar-refractivity contribution in [1.82, 2.24) is 0 Å². The van der Waals surface area contributed by atoms with Gasteiger partial charge in [-0.25, -0.2) is 0 Å². The minimum atomic E-state index is 0.753. The van der Waals surface area contributed by atoms with E-state index in [1.807, 2.05) is 0 Å². The van der Waals surface area contributed by atoms with E-state index in [9.17, 15) is 0 Å². The minimum absolute atomic E-state index is 0.753. The van der Waals surface area contributed by atoms with Gasteiger partial charge in [-0.1, -0.05) is 32.6 Å². The normalized spacial score (nSPS) is 39.8. The first-order valence-electron chi connectivity index (χ1n) is 3.64. The SMILES string of the molecule is [CH2][C@H]1CCCCC1C. The highest BCUT2D eigenvalue weighted by Crippen LogP contribution is 2.27. The van der Waals surface area contributed by atoms with Crippen LogP contribution in [-0.2, 0) is 0 Å². The van der Waals surface area contributed by atoms with E-state index >= 15 is 0 Å². The Morgan fingerprint density at radius 1 is 1.25 bits per heavy atom. The van der Waals surface area contributed by atoms with Crippen LogP contribution in [0.3, 0.4) is 0 Å². The highest BCUT2D eigenvalue weighted by molar-refractivity contribution is 4.72. The minimum Gasteiger partial charge on any atom is -0.0622 e. The average Bonchev–Trinajstić information content (AvgIpc) is 1.77. The molecule has 1 rings (SSSR count). The van der Waals surface area contributed by atoms with E-state index in [-0.39, 0.29) is 0 Å². The van der Waals surface area contributed by atoms with E-state index in [0.717, 1.165) is 11.8 Å². The molecule has 2 atom stereocenters. The molecule has 0 aromatic rings. The lowest BCUT2D eigenvalue weighted by atomic mass is 9.82. The van der Waals surface area contributed by atoms with Crippen LogP contribution in [0, 0.1) is 18.8 Å². The molecule has 0 aliphatic heterocycles. The van der Waals surface area contributed by atoms with Gasteiger partial charge in [0.05, 0.1) is 0 Å². The van der Waals surface area contributed by atoms with Gasteiger partial charge in [0.15, 0.2) is 0 Å². The maximum Gasteiger partial charge on any atom is -0.0388 e. The van der Waals surface area contributed by atoms with Crippen LogP contribution in [0.2, 0.25) is 0 Å². The van der Waals surface area contributed by atoms with Gasteiger partial charge in [-0.3, -0.25) is 0 Å². The Morgan fingerprint density at radius 2 is 1.88 bits per heavy atom. The van der Waals surface area contributed by atoms with Gasteiger partial charge in [-0.15, -0.1) is 0 Å². The van der Waals surface area contributed by atoms with Gasteiger partial charge >= 0.3 is 0 Å². The predicted octanol–water partition coefficient (Wildman–Crippen LogP) is 2.65. The highest BCUT2D eigenvalue weighted by Gasteiger charge is 2.15. The van der Waals surface area contributed by atoms with Gasteiger partial charge in [0.1, 0.15) is 0 Å². The maximum absolute atomic E-state index is 4.08. The summed E-state index contributed by atoms with van der Waals surface area (Å²) in [6.45, 7) is 6.39. The lowest BCUT2D eigenvalue weighted by Crippen LogP contribution is -2.12. The van der Waals surface area contributed by atoms with Crippen molar-refractivity contribution < 1.29 is 0 Å². The molecule has 1 aliphatic rings. The van der Waals surface area contributed by atoms with Gasteiger partial charge in [-0.05, 0) is 18.8 Å². The summed E-state index contributed by atoms with van der Waals surface area (Å²) in [7, 11) is 0. The summed E-state index contributed by atoms with van der Waals surface area (Å²) in [4.78, 5) is 0. The summed E-state index contributed by atoms with van der Waals surface area (Å²) in [5, 5.41) is 0. The van der Waals surface area contributed by atoms with Crippen molar-refractivity contribution >= 4 is 0 Å². The molecule has 1 saturated carbocycles. The van der Waals surface area contributed by atoms with E-state index < -0.39 is 0 Å². The Bertz CT molecular complexity index is 56.4. The van der Waals surface area contributed by atoms with Crippen LogP contribution in [-0.4, -0.2) is 0 Å². The Kier molecular flexibility index (Phi) is 1.93. The molecule has 8 heavy (non-hydrogen) atoms. The third-order valence-corrected chi connectivity index (χ3v) is 2.29. The number of rotatable bonds is 0. The summed E-state index contributed by atoms with van der Waals surface area (Å²) in [6, 6.07) is 0. The van der Waals surface area contributed by atoms with Crippen LogP contribution in [0.4, 0.5) is 0 Å². The lowest BCUT2D eigenvalue weighted by molar-refractivity contribution is 0.304. The molecule has 1 unspecified atom stereocenters. The smallest absolute Gasteiger partial charge is 0.0388 e. The summed E-state index contributed by atoms with van der Waals surface area (Å²) in [5.41, 5.74) is 0. The van der Waals surface area contributed by atoms with Gasteiger partial charge in [0, 0.05) is 0 Å². The van der Waals surface area contributed by atoms with Gasteiger partial charge < -0.3 is 0 Å². The molecule has 0 amide bonds. The molecule has 1 fully saturated rings. The van der Waals surface area contributed by atoms with Crippen LogP contribution in [0.1, 0.15) is 32.6 Å². The van der Waals surface area contributed by atoms with Crippen molar-refractivity contribution in [2.24, 2.45) is 11.8 Å². The first-order chi connectivity index (χ1) is 3.80. The number of hydrogen-bond acceptors (Lipinski definition) is 0. The van der Waals surface area contributed by atoms with Gasteiger partial charge in [0.25, 0.3) is 0 Å². The molecule has 0 bridgehead atoms. The first-order valence-corrected chi connectivity index (χ1v) is 3.64. The van der Waals surface area contributed by atoms with Crippen LogP contribution < -0.4 is 0 Å². The first kappa shape index (κ1) is 6.12. The van der Waals surface area contributed by atoms with E-state index in [1.165, 1.54) is 25.7 Å². The topological polar surface area (TPSA) is 0 Å². The van der Waals surface area contributed by atoms with Gasteiger partial charge in [0.2, 0.25) is 0 Å². The maximum atomic E-state index is 4.08. The Balaban J connectivity index is 2.28. The molecule has 0 nitrogen and oxygen atoms in total. The fourth-order valence-electron chi connectivity index (χ4n) is 1.39. The molecular formula is C8H15. The second-order valence-corrected chi connectivity index (χ2v) is 3.02. The van der Waals surface area contributed by atoms with Crippen molar-refractivity contribution in [3.63, 3.8) is 0 Å². The van der Waals surface area contributed by atoms with Crippen LogP contribution in [0.5, 0.6) is 0 Å². The van der Waals surface area contributed by atoms with Crippen molar-refractivity contribution in [2.75, 3.05) is 0 Å². The second-order valence-electron chi connectivity index (χ2n) is 3.02. The molecule has 0 heterocycles. The third-order valence-electron chi connectivity index (χ3n) is 2.29. The quantitative estimate of drug-likeness (QED) is 0.451. The molecule has 0 aromatic carbocycles. The zero-order chi connectivity index (χ0) is 5.98. The molecule has 1 radical (unpaired) electrons. The standard InChI is InChI=1S/C8H15/c1-7-5-3-4-6-8(7)2/h7-8H,1,3-6H2,2H3/t7-,8?/m0/s1. The van der Waals surface area contributed by atoms with Crippen molar-refractivity contribution in [1.29, 1.82) is 0 Å². The monoisotopic (exact) mass is 111 g/mol. The van der Waals surface area contributed by atoms with Crippen molar-refractivity contribution in [3.8, 4) is 0 Å². The zero-order valence-corrected chi connectivity index (χ0v) is 5.69. The van der Waals surface area contributed by atoms with E-state index in [0.29, 0.717) is 0 Å². The molecule has 0 N–H and O–H groups in total.